The van der Waals surface area contributed by atoms with Crippen molar-refractivity contribution in [2.75, 3.05) is 20.6 Å². The molecule has 0 aromatic heterocycles. The van der Waals surface area contributed by atoms with Crippen LogP contribution in [0.2, 0.25) is 0 Å². The van der Waals surface area contributed by atoms with E-state index in [4.69, 9.17) is 0 Å². The minimum atomic E-state index is 0.427. The van der Waals surface area contributed by atoms with Crippen LogP contribution in [0.4, 0.5) is 0 Å². The van der Waals surface area contributed by atoms with E-state index in [1.165, 1.54) is 0 Å². The van der Waals surface area contributed by atoms with Crippen molar-refractivity contribution >= 4 is 5.78 Å². The number of carbonyl (C=O) groups excluding carboxylic acids is 1. The lowest BCUT2D eigenvalue weighted by Crippen LogP contribution is -2.13. The molecule has 2 nitrogen and oxygen atoms in total. The van der Waals surface area contributed by atoms with Crippen molar-refractivity contribution in [3.8, 4) is 0 Å². The van der Waals surface area contributed by atoms with Crippen LogP contribution in [-0.4, -0.2) is 31.3 Å². The van der Waals surface area contributed by atoms with Crippen molar-refractivity contribution in [2.45, 2.75) is 39.0 Å². The molecule has 0 heterocycles. The van der Waals surface area contributed by atoms with Gasteiger partial charge in [0.25, 0.3) is 0 Å². The smallest absolute Gasteiger partial charge is 0.132 e. The van der Waals surface area contributed by atoms with Crippen LogP contribution in [0, 0.1) is 0 Å². The Hall–Kier alpha value is -0.370. The summed E-state index contributed by atoms with van der Waals surface area (Å²) in [4.78, 5) is 13.2. The Kier molecular flexibility index (Phi) is 7.06. The van der Waals surface area contributed by atoms with Crippen LogP contribution < -0.4 is 0 Å². The topological polar surface area (TPSA) is 20.3 Å². The van der Waals surface area contributed by atoms with Gasteiger partial charge in [-0.1, -0.05) is 6.92 Å². The summed E-state index contributed by atoms with van der Waals surface area (Å²) in [5.41, 5.74) is 0. The molecular formula is C10H21NO. The zero-order chi connectivity index (χ0) is 9.40. The lowest BCUT2D eigenvalue weighted by molar-refractivity contribution is -0.119. The maximum absolute atomic E-state index is 11.1. The highest BCUT2D eigenvalue weighted by Crippen LogP contribution is 2.01. The normalized spacial score (nSPS) is 10.7. The number of hydrogen-bond acceptors (Lipinski definition) is 2. The minimum Gasteiger partial charge on any atom is -0.309 e. The monoisotopic (exact) mass is 171 g/mol. The predicted octanol–water partition coefficient (Wildman–Crippen LogP) is 2.09. The highest BCUT2D eigenvalue weighted by molar-refractivity contribution is 5.78. The molecule has 0 atom stereocenters. The van der Waals surface area contributed by atoms with Crippen LogP contribution in [0.15, 0.2) is 0 Å². The molecule has 0 N–H and O–H groups in total. The second-order valence-corrected chi connectivity index (χ2v) is 3.55. The maximum Gasteiger partial charge on any atom is 0.132 e. The second-order valence-electron chi connectivity index (χ2n) is 3.55. The molecule has 0 unspecified atom stereocenters. The molecule has 0 bridgehead atoms. The average molecular weight is 171 g/mol. The first kappa shape index (κ1) is 11.6. The molecule has 0 saturated carbocycles. The molecule has 0 saturated heterocycles. The third-order valence-electron chi connectivity index (χ3n) is 1.84. The fraction of sp³-hybridized carbons (Fsp3) is 0.900. The Morgan fingerprint density at radius 3 is 2.33 bits per heavy atom. The lowest BCUT2D eigenvalue weighted by atomic mass is 10.1. The number of carbonyl (C=O) groups is 1. The van der Waals surface area contributed by atoms with Gasteiger partial charge in [-0.15, -0.1) is 0 Å². The van der Waals surface area contributed by atoms with E-state index >= 15 is 0 Å². The van der Waals surface area contributed by atoms with Crippen LogP contribution in [0.5, 0.6) is 0 Å². The van der Waals surface area contributed by atoms with Crippen molar-refractivity contribution in [2.24, 2.45) is 0 Å². The fourth-order valence-electron chi connectivity index (χ4n) is 1.15. The lowest BCUT2D eigenvalue weighted by Gasteiger charge is -2.07. The van der Waals surface area contributed by atoms with Gasteiger partial charge in [-0.2, -0.15) is 0 Å². The molecule has 12 heavy (non-hydrogen) atoms. The van der Waals surface area contributed by atoms with Gasteiger partial charge >= 0.3 is 0 Å². The van der Waals surface area contributed by atoms with Crippen molar-refractivity contribution in [1.82, 2.24) is 4.90 Å². The highest BCUT2D eigenvalue weighted by Gasteiger charge is 1.99. The molecule has 0 amide bonds. The number of ketones is 1. The van der Waals surface area contributed by atoms with Gasteiger partial charge in [0.15, 0.2) is 0 Å². The molecule has 0 spiro atoms. The van der Waals surface area contributed by atoms with E-state index in [0.29, 0.717) is 5.78 Å². The minimum absolute atomic E-state index is 0.427. The zero-order valence-electron chi connectivity index (χ0n) is 8.60. The molecule has 72 valence electrons. The molecular weight excluding hydrogens is 150 g/mol. The van der Waals surface area contributed by atoms with Crippen molar-refractivity contribution < 1.29 is 4.79 Å². The van der Waals surface area contributed by atoms with Crippen molar-refractivity contribution in [3.63, 3.8) is 0 Å². The van der Waals surface area contributed by atoms with Crippen LogP contribution in [0.1, 0.15) is 39.0 Å². The van der Waals surface area contributed by atoms with Crippen LogP contribution in [0.3, 0.4) is 0 Å². The van der Waals surface area contributed by atoms with E-state index in [9.17, 15) is 4.79 Å². The van der Waals surface area contributed by atoms with Gasteiger partial charge in [0, 0.05) is 12.8 Å². The summed E-state index contributed by atoms with van der Waals surface area (Å²) < 4.78 is 0. The SMILES string of the molecule is CCCC(=O)CCCCN(C)C. The van der Waals surface area contributed by atoms with Gasteiger partial charge in [-0.3, -0.25) is 4.79 Å². The summed E-state index contributed by atoms with van der Waals surface area (Å²) in [7, 11) is 4.13. The van der Waals surface area contributed by atoms with Gasteiger partial charge < -0.3 is 4.90 Å². The average Bonchev–Trinajstić information content (AvgIpc) is 1.98. The van der Waals surface area contributed by atoms with Crippen LogP contribution >= 0.6 is 0 Å². The van der Waals surface area contributed by atoms with E-state index < -0.39 is 0 Å². The summed E-state index contributed by atoms with van der Waals surface area (Å²) in [6, 6.07) is 0. The Balaban J connectivity index is 3.14. The van der Waals surface area contributed by atoms with E-state index in [2.05, 4.69) is 25.9 Å². The largest absolute Gasteiger partial charge is 0.309 e. The van der Waals surface area contributed by atoms with E-state index in [1.54, 1.807) is 0 Å². The molecule has 0 aliphatic carbocycles. The molecule has 0 radical (unpaired) electrons. The van der Waals surface area contributed by atoms with Crippen LogP contribution in [0.25, 0.3) is 0 Å². The highest BCUT2D eigenvalue weighted by atomic mass is 16.1. The van der Waals surface area contributed by atoms with Gasteiger partial charge in [0.2, 0.25) is 0 Å². The summed E-state index contributed by atoms with van der Waals surface area (Å²) >= 11 is 0. The molecule has 0 fully saturated rings. The molecule has 0 aliphatic rings. The second kappa shape index (κ2) is 7.29. The summed E-state index contributed by atoms with van der Waals surface area (Å²) in [6.45, 7) is 3.15. The Morgan fingerprint density at radius 1 is 1.17 bits per heavy atom. The first-order valence-corrected chi connectivity index (χ1v) is 4.83. The van der Waals surface area contributed by atoms with Gasteiger partial charge in [0.05, 0.1) is 0 Å². The van der Waals surface area contributed by atoms with Crippen molar-refractivity contribution in [3.05, 3.63) is 0 Å². The van der Waals surface area contributed by atoms with E-state index in [0.717, 1.165) is 38.6 Å². The maximum atomic E-state index is 11.1. The fourth-order valence-corrected chi connectivity index (χ4v) is 1.15. The number of hydrogen-bond donors (Lipinski definition) is 0. The standard InChI is InChI=1S/C10H21NO/c1-4-7-10(12)8-5-6-9-11(2)3/h4-9H2,1-3H3. The molecule has 0 rings (SSSR count). The first-order valence-electron chi connectivity index (χ1n) is 4.83. The summed E-state index contributed by atoms with van der Waals surface area (Å²) in [5, 5.41) is 0. The number of nitrogens with zero attached hydrogens (tertiary/aromatic N) is 1. The van der Waals surface area contributed by atoms with Gasteiger partial charge in [0.1, 0.15) is 5.78 Å². The Labute approximate surface area is 75.9 Å². The van der Waals surface area contributed by atoms with Gasteiger partial charge in [-0.25, -0.2) is 0 Å². The Morgan fingerprint density at radius 2 is 1.83 bits per heavy atom. The van der Waals surface area contributed by atoms with Gasteiger partial charge in [-0.05, 0) is 39.9 Å². The summed E-state index contributed by atoms with van der Waals surface area (Å²) in [6.07, 6.45) is 4.73. The molecule has 0 aliphatic heterocycles. The third-order valence-corrected chi connectivity index (χ3v) is 1.84. The van der Waals surface area contributed by atoms with Crippen LogP contribution in [-0.2, 0) is 4.79 Å². The quantitative estimate of drug-likeness (QED) is 0.547. The molecule has 0 aromatic carbocycles. The molecule has 0 aromatic rings. The first-order chi connectivity index (χ1) is 5.66. The predicted molar refractivity (Wildman–Crippen MR) is 52.3 cm³/mol. The number of rotatable bonds is 7. The molecule has 2 heteroatoms. The van der Waals surface area contributed by atoms with E-state index in [1.807, 2.05) is 0 Å². The van der Waals surface area contributed by atoms with E-state index in [-0.39, 0.29) is 0 Å². The summed E-state index contributed by atoms with van der Waals surface area (Å²) in [5.74, 6) is 0.427. The third kappa shape index (κ3) is 7.73. The number of unbranched alkanes of at least 4 members (excludes halogenated alkanes) is 1. The number of Topliss-reactive ketones (excluding diaryl/α,β-unsaturated/α-hetero) is 1. The zero-order valence-corrected chi connectivity index (χ0v) is 8.60. The Bertz CT molecular complexity index is 121. The van der Waals surface area contributed by atoms with Crippen molar-refractivity contribution in [1.29, 1.82) is 0 Å².